The van der Waals surface area contributed by atoms with Crippen molar-refractivity contribution in [1.82, 2.24) is 0 Å². The number of carbonyl (C=O) groups is 2. The maximum atomic E-state index is 14.8. The first-order valence-corrected chi connectivity index (χ1v) is 10.2. The lowest BCUT2D eigenvalue weighted by molar-refractivity contribution is -0.132. The van der Waals surface area contributed by atoms with Gasteiger partial charge in [-0.2, -0.15) is 0 Å². The van der Waals surface area contributed by atoms with E-state index in [4.69, 9.17) is 11.6 Å². The number of benzene rings is 3. The summed E-state index contributed by atoms with van der Waals surface area (Å²) in [5.74, 6) is -2.64. The molecule has 3 aromatic rings. The van der Waals surface area contributed by atoms with Gasteiger partial charge in [0, 0.05) is 21.8 Å². The molecule has 1 fully saturated rings. The van der Waals surface area contributed by atoms with Gasteiger partial charge in [0.25, 0.3) is 11.7 Å². The SMILES string of the molecule is CCc1ccc(/C(O)=C2/C(=O)C(=O)N(c3ccc(Cl)cc3)C2c2ccccc2F)cc1. The zero-order valence-corrected chi connectivity index (χ0v) is 17.4. The molecule has 1 aliphatic rings. The molecule has 1 N–H and O–H groups in total. The lowest BCUT2D eigenvalue weighted by Gasteiger charge is -2.25. The highest BCUT2D eigenvalue weighted by Crippen LogP contribution is 2.43. The number of aryl methyl sites for hydroxylation is 1. The Labute approximate surface area is 184 Å². The number of halogens is 2. The van der Waals surface area contributed by atoms with E-state index in [1.807, 2.05) is 19.1 Å². The van der Waals surface area contributed by atoms with Gasteiger partial charge < -0.3 is 5.11 Å². The smallest absolute Gasteiger partial charge is 0.300 e. The molecule has 1 unspecified atom stereocenters. The molecule has 0 bridgehead atoms. The van der Waals surface area contributed by atoms with Crippen molar-refractivity contribution in [2.75, 3.05) is 4.90 Å². The van der Waals surface area contributed by atoms with Crippen LogP contribution in [-0.2, 0) is 16.0 Å². The number of ketones is 1. The highest BCUT2D eigenvalue weighted by molar-refractivity contribution is 6.51. The van der Waals surface area contributed by atoms with E-state index in [1.165, 1.54) is 23.1 Å². The average molecular weight is 436 g/mol. The van der Waals surface area contributed by atoms with Crippen molar-refractivity contribution in [3.63, 3.8) is 0 Å². The predicted octanol–water partition coefficient (Wildman–Crippen LogP) is 5.67. The summed E-state index contributed by atoms with van der Waals surface area (Å²) < 4.78 is 14.8. The number of hydrogen-bond donors (Lipinski definition) is 1. The van der Waals surface area contributed by atoms with Gasteiger partial charge in [-0.25, -0.2) is 4.39 Å². The summed E-state index contributed by atoms with van der Waals surface area (Å²) in [6.07, 6.45) is 0.817. The van der Waals surface area contributed by atoms with E-state index in [0.29, 0.717) is 16.3 Å². The Kier molecular flexibility index (Phi) is 5.61. The van der Waals surface area contributed by atoms with Gasteiger partial charge in [-0.3, -0.25) is 14.5 Å². The fraction of sp³-hybridized carbons (Fsp3) is 0.120. The molecule has 31 heavy (non-hydrogen) atoms. The van der Waals surface area contributed by atoms with Gasteiger partial charge in [0.05, 0.1) is 11.6 Å². The summed E-state index contributed by atoms with van der Waals surface area (Å²) >= 11 is 5.97. The van der Waals surface area contributed by atoms with E-state index in [-0.39, 0.29) is 16.9 Å². The summed E-state index contributed by atoms with van der Waals surface area (Å²) in [6.45, 7) is 2.00. The fourth-order valence-corrected chi connectivity index (χ4v) is 3.87. The molecular weight excluding hydrogens is 417 g/mol. The van der Waals surface area contributed by atoms with Gasteiger partial charge in [0.1, 0.15) is 11.6 Å². The zero-order chi connectivity index (χ0) is 22.1. The molecule has 0 radical (unpaired) electrons. The van der Waals surface area contributed by atoms with Crippen LogP contribution in [0.4, 0.5) is 10.1 Å². The third kappa shape index (κ3) is 3.73. The van der Waals surface area contributed by atoms with E-state index in [9.17, 15) is 19.1 Å². The summed E-state index contributed by atoms with van der Waals surface area (Å²) in [5, 5.41) is 11.5. The highest BCUT2D eigenvalue weighted by Gasteiger charge is 2.47. The van der Waals surface area contributed by atoms with Crippen LogP contribution in [0.15, 0.2) is 78.4 Å². The van der Waals surface area contributed by atoms with Gasteiger partial charge in [-0.15, -0.1) is 0 Å². The van der Waals surface area contributed by atoms with E-state index < -0.39 is 23.5 Å². The number of aliphatic hydroxyl groups is 1. The summed E-state index contributed by atoms with van der Waals surface area (Å²) in [7, 11) is 0. The number of carbonyl (C=O) groups excluding carboxylic acids is 2. The van der Waals surface area contributed by atoms with Crippen LogP contribution in [0, 0.1) is 5.82 Å². The predicted molar refractivity (Wildman–Crippen MR) is 118 cm³/mol. The topological polar surface area (TPSA) is 57.6 Å². The third-order valence-electron chi connectivity index (χ3n) is 5.38. The first kappa shape index (κ1) is 20.8. The lowest BCUT2D eigenvalue weighted by Crippen LogP contribution is -2.29. The Morgan fingerprint density at radius 3 is 2.26 bits per heavy atom. The van der Waals surface area contributed by atoms with E-state index in [0.717, 1.165) is 12.0 Å². The number of rotatable bonds is 4. The first-order valence-electron chi connectivity index (χ1n) is 9.82. The summed E-state index contributed by atoms with van der Waals surface area (Å²) in [4.78, 5) is 27.2. The average Bonchev–Trinajstić information content (AvgIpc) is 3.05. The van der Waals surface area contributed by atoms with Crippen LogP contribution >= 0.6 is 11.6 Å². The van der Waals surface area contributed by atoms with Crippen molar-refractivity contribution in [3.05, 3.63) is 106 Å². The van der Waals surface area contributed by atoms with Gasteiger partial charge in [0.15, 0.2) is 0 Å². The zero-order valence-electron chi connectivity index (χ0n) is 16.7. The minimum absolute atomic E-state index is 0.114. The molecule has 1 saturated heterocycles. The quantitative estimate of drug-likeness (QED) is 0.326. The standard InChI is InChI=1S/C25H19ClFNO3/c1-2-15-7-9-16(10-8-15)23(29)21-22(19-5-3-4-6-20(19)27)28(25(31)24(21)30)18-13-11-17(26)12-14-18/h3-14,22,29H,2H2,1H3/b23-21-. The Bertz CT molecular complexity index is 1190. The maximum Gasteiger partial charge on any atom is 0.300 e. The van der Waals surface area contributed by atoms with Crippen LogP contribution in [0.2, 0.25) is 5.02 Å². The number of nitrogens with zero attached hydrogens (tertiary/aromatic N) is 1. The van der Waals surface area contributed by atoms with Crippen molar-refractivity contribution in [2.24, 2.45) is 0 Å². The molecule has 0 spiro atoms. The lowest BCUT2D eigenvalue weighted by atomic mass is 9.94. The van der Waals surface area contributed by atoms with Gasteiger partial charge in [-0.05, 0) is 42.3 Å². The molecule has 1 aliphatic heterocycles. The highest BCUT2D eigenvalue weighted by atomic mass is 35.5. The monoisotopic (exact) mass is 435 g/mol. The Balaban J connectivity index is 1.94. The Hall–Kier alpha value is -3.44. The largest absolute Gasteiger partial charge is 0.507 e. The van der Waals surface area contributed by atoms with Crippen molar-refractivity contribution in [2.45, 2.75) is 19.4 Å². The van der Waals surface area contributed by atoms with Gasteiger partial charge in [-0.1, -0.05) is 61.0 Å². The van der Waals surface area contributed by atoms with Crippen LogP contribution in [0.3, 0.4) is 0 Å². The van der Waals surface area contributed by atoms with Crippen molar-refractivity contribution >= 4 is 34.7 Å². The summed E-state index contributed by atoms with van der Waals surface area (Å²) in [6, 6.07) is 18.1. The van der Waals surface area contributed by atoms with Crippen LogP contribution in [0.5, 0.6) is 0 Å². The van der Waals surface area contributed by atoms with E-state index in [2.05, 4.69) is 0 Å². The second-order valence-corrected chi connectivity index (χ2v) is 7.65. The van der Waals surface area contributed by atoms with Crippen molar-refractivity contribution in [3.8, 4) is 0 Å². The number of amides is 1. The van der Waals surface area contributed by atoms with Gasteiger partial charge in [0.2, 0.25) is 0 Å². The molecule has 6 heteroatoms. The molecule has 1 atom stereocenters. The van der Waals surface area contributed by atoms with E-state index in [1.54, 1.807) is 42.5 Å². The van der Waals surface area contributed by atoms with Crippen LogP contribution in [-0.4, -0.2) is 16.8 Å². The van der Waals surface area contributed by atoms with E-state index >= 15 is 0 Å². The van der Waals surface area contributed by atoms with Crippen LogP contribution in [0.25, 0.3) is 5.76 Å². The molecule has 1 heterocycles. The normalized spacial score (nSPS) is 17.9. The second kappa shape index (κ2) is 8.36. The second-order valence-electron chi connectivity index (χ2n) is 7.22. The maximum absolute atomic E-state index is 14.8. The Morgan fingerprint density at radius 1 is 1.00 bits per heavy atom. The molecule has 4 nitrogen and oxygen atoms in total. The Morgan fingerprint density at radius 2 is 1.65 bits per heavy atom. The number of aliphatic hydroxyl groups excluding tert-OH is 1. The molecule has 0 aromatic heterocycles. The number of anilines is 1. The minimum Gasteiger partial charge on any atom is -0.507 e. The molecule has 4 rings (SSSR count). The van der Waals surface area contributed by atoms with Gasteiger partial charge >= 0.3 is 0 Å². The molecule has 156 valence electrons. The fourth-order valence-electron chi connectivity index (χ4n) is 3.75. The molecule has 3 aromatic carbocycles. The molecule has 0 aliphatic carbocycles. The van der Waals surface area contributed by atoms with Crippen molar-refractivity contribution in [1.29, 1.82) is 0 Å². The van der Waals surface area contributed by atoms with Crippen molar-refractivity contribution < 1.29 is 19.1 Å². The van der Waals surface area contributed by atoms with Crippen LogP contribution in [0.1, 0.15) is 29.7 Å². The number of Topliss-reactive ketones (excluding diaryl/α,β-unsaturated/α-hetero) is 1. The van der Waals surface area contributed by atoms with Crippen LogP contribution < -0.4 is 4.90 Å². The minimum atomic E-state index is -1.12. The molecule has 1 amide bonds. The summed E-state index contributed by atoms with van der Waals surface area (Å²) in [5.41, 5.74) is 1.77. The first-order chi connectivity index (χ1) is 14.9. The molecular formula is C25H19ClFNO3. The third-order valence-corrected chi connectivity index (χ3v) is 5.64. The number of hydrogen-bond acceptors (Lipinski definition) is 3. The molecule has 0 saturated carbocycles.